The maximum Gasteiger partial charge on any atom is 0.233 e. The van der Waals surface area contributed by atoms with Gasteiger partial charge in [-0.15, -0.1) is 10.2 Å². The second-order valence-electron chi connectivity index (χ2n) is 6.88. The van der Waals surface area contributed by atoms with Crippen LogP contribution < -0.4 is 0 Å². The van der Waals surface area contributed by atoms with Crippen LogP contribution in [0.5, 0.6) is 0 Å². The zero-order valence-electron chi connectivity index (χ0n) is 14.1. The van der Waals surface area contributed by atoms with Crippen molar-refractivity contribution >= 4 is 27.5 Å². The number of piperidine rings is 1. The van der Waals surface area contributed by atoms with E-state index >= 15 is 0 Å². The second kappa shape index (κ2) is 7.03. The smallest absolute Gasteiger partial charge is 0.233 e. The molecule has 1 amide bonds. The van der Waals surface area contributed by atoms with E-state index in [0.717, 1.165) is 19.5 Å². The van der Waals surface area contributed by atoms with Crippen molar-refractivity contribution in [1.29, 1.82) is 0 Å². The Morgan fingerprint density at radius 3 is 2.79 bits per heavy atom. The molecule has 0 radical (unpaired) electrons. The summed E-state index contributed by atoms with van der Waals surface area (Å²) in [7, 11) is -1.10. The van der Waals surface area contributed by atoms with Crippen LogP contribution in [0.2, 0.25) is 0 Å². The van der Waals surface area contributed by atoms with E-state index in [-0.39, 0.29) is 23.3 Å². The molecule has 0 bridgehead atoms. The highest BCUT2D eigenvalue weighted by molar-refractivity contribution is 7.99. The van der Waals surface area contributed by atoms with E-state index in [1.54, 1.807) is 0 Å². The van der Waals surface area contributed by atoms with Crippen molar-refractivity contribution in [2.75, 3.05) is 30.3 Å². The van der Waals surface area contributed by atoms with Crippen LogP contribution in [0.25, 0.3) is 0 Å². The van der Waals surface area contributed by atoms with Crippen molar-refractivity contribution < 1.29 is 13.2 Å². The Morgan fingerprint density at radius 1 is 1.33 bits per heavy atom. The number of rotatable bonds is 4. The minimum atomic E-state index is -2.95. The van der Waals surface area contributed by atoms with Crippen molar-refractivity contribution in [3.05, 3.63) is 5.82 Å². The number of aromatic nitrogens is 3. The van der Waals surface area contributed by atoms with Crippen LogP contribution in [0.3, 0.4) is 0 Å². The van der Waals surface area contributed by atoms with Crippen molar-refractivity contribution in [1.82, 2.24) is 19.7 Å². The predicted octanol–water partition coefficient (Wildman–Crippen LogP) is 1.07. The number of amides is 1. The second-order valence-corrected chi connectivity index (χ2v) is 10.0. The van der Waals surface area contributed by atoms with Crippen LogP contribution in [0.15, 0.2) is 5.16 Å². The molecule has 0 aromatic carbocycles. The summed E-state index contributed by atoms with van der Waals surface area (Å²) >= 11 is 1.38. The molecule has 2 atom stereocenters. The van der Waals surface area contributed by atoms with Crippen LogP contribution in [0.1, 0.15) is 37.9 Å². The Morgan fingerprint density at radius 2 is 2.12 bits per heavy atom. The number of nitrogens with zero attached hydrogens (tertiary/aromatic N) is 4. The first kappa shape index (κ1) is 17.7. The van der Waals surface area contributed by atoms with E-state index in [1.807, 2.05) is 16.5 Å². The molecule has 3 rings (SSSR count). The van der Waals surface area contributed by atoms with E-state index in [9.17, 15) is 13.2 Å². The summed E-state index contributed by atoms with van der Waals surface area (Å²) in [4.78, 5) is 14.3. The SMILES string of the molecule is C[C@@H]1CCCN(C(=O)CSc2nnc([C@@H]3CCS(=O)(=O)C3)n2C)C1. The number of hydrogen-bond acceptors (Lipinski definition) is 6. The van der Waals surface area contributed by atoms with Gasteiger partial charge in [-0.1, -0.05) is 18.7 Å². The summed E-state index contributed by atoms with van der Waals surface area (Å²) in [5.74, 6) is 2.05. The Labute approximate surface area is 147 Å². The molecule has 1 aromatic rings. The van der Waals surface area contributed by atoms with Gasteiger partial charge in [0.05, 0.1) is 17.3 Å². The van der Waals surface area contributed by atoms with Crippen LogP contribution in [0, 0.1) is 5.92 Å². The Balaban J connectivity index is 1.59. The zero-order valence-corrected chi connectivity index (χ0v) is 15.8. The van der Waals surface area contributed by atoms with E-state index in [1.165, 1.54) is 18.2 Å². The highest BCUT2D eigenvalue weighted by atomic mass is 32.2. The Kier molecular flexibility index (Phi) is 5.19. The molecule has 2 aliphatic heterocycles. The third-order valence-electron chi connectivity index (χ3n) is 4.80. The normalized spacial score (nSPS) is 26.7. The van der Waals surface area contributed by atoms with Crippen molar-refractivity contribution in [3.8, 4) is 0 Å². The molecule has 0 saturated carbocycles. The Bertz CT molecular complexity index is 716. The van der Waals surface area contributed by atoms with E-state index in [0.29, 0.717) is 29.1 Å². The monoisotopic (exact) mass is 372 g/mol. The van der Waals surface area contributed by atoms with Crippen LogP contribution in [-0.2, 0) is 21.7 Å². The Hall–Kier alpha value is -1.09. The number of thioether (sulfide) groups is 1. The number of likely N-dealkylation sites (tertiary alicyclic amines) is 1. The maximum atomic E-state index is 12.3. The van der Waals surface area contributed by atoms with Gasteiger partial charge < -0.3 is 9.47 Å². The first-order valence-corrected chi connectivity index (χ1v) is 11.2. The number of sulfone groups is 1. The molecule has 2 saturated heterocycles. The molecule has 9 heteroatoms. The van der Waals surface area contributed by atoms with Gasteiger partial charge >= 0.3 is 0 Å². The van der Waals surface area contributed by atoms with Crippen molar-refractivity contribution in [2.45, 2.75) is 37.3 Å². The number of carbonyl (C=O) groups is 1. The van der Waals surface area contributed by atoms with Gasteiger partial charge in [0, 0.05) is 26.1 Å². The highest BCUT2D eigenvalue weighted by Crippen LogP contribution is 2.29. The molecule has 134 valence electrons. The van der Waals surface area contributed by atoms with Gasteiger partial charge in [-0.25, -0.2) is 8.42 Å². The van der Waals surface area contributed by atoms with Gasteiger partial charge in [-0.05, 0) is 25.2 Å². The van der Waals surface area contributed by atoms with Gasteiger partial charge in [-0.3, -0.25) is 4.79 Å². The quantitative estimate of drug-likeness (QED) is 0.735. The molecule has 3 heterocycles. The fourth-order valence-corrected chi connectivity index (χ4v) is 6.00. The summed E-state index contributed by atoms with van der Waals surface area (Å²) in [6.45, 7) is 3.86. The summed E-state index contributed by atoms with van der Waals surface area (Å²) < 4.78 is 25.1. The molecular formula is C15H24N4O3S2. The molecule has 0 unspecified atom stereocenters. The first-order chi connectivity index (χ1) is 11.4. The zero-order chi connectivity index (χ0) is 17.3. The number of carbonyl (C=O) groups excluding carboxylic acids is 1. The lowest BCUT2D eigenvalue weighted by Crippen LogP contribution is -2.40. The fraction of sp³-hybridized carbons (Fsp3) is 0.800. The van der Waals surface area contributed by atoms with Gasteiger partial charge in [0.2, 0.25) is 5.91 Å². The first-order valence-electron chi connectivity index (χ1n) is 8.36. The summed E-state index contributed by atoms with van der Waals surface area (Å²) in [5.41, 5.74) is 0. The largest absolute Gasteiger partial charge is 0.342 e. The lowest BCUT2D eigenvalue weighted by atomic mass is 10.0. The minimum Gasteiger partial charge on any atom is -0.342 e. The van der Waals surface area contributed by atoms with Gasteiger partial charge in [0.25, 0.3) is 0 Å². The molecule has 24 heavy (non-hydrogen) atoms. The molecule has 0 aliphatic carbocycles. The summed E-state index contributed by atoms with van der Waals surface area (Å²) in [6, 6.07) is 0. The summed E-state index contributed by atoms with van der Waals surface area (Å²) in [6.07, 6.45) is 2.86. The van der Waals surface area contributed by atoms with E-state index in [4.69, 9.17) is 0 Å². The van der Waals surface area contributed by atoms with Crippen LogP contribution in [0.4, 0.5) is 0 Å². The highest BCUT2D eigenvalue weighted by Gasteiger charge is 2.32. The maximum absolute atomic E-state index is 12.3. The number of hydrogen-bond donors (Lipinski definition) is 0. The third-order valence-corrected chi connectivity index (χ3v) is 7.57. The molecule has 0 N–H and O–H groups in total. The third kappa shape index (κ3) is 3.93. The van der Waals surface area contributed by atoms with Crippen molar-refractivity contribution in [3.63, 3.8) is 0 Å². The van der Waals surface area contributed by atoms with E-state index < -0.39 is 9.84 Å². The average Bonchev–Trinajstić information content (AvgIpc) is 3.07. The van der Waals surface area contributed by atoms with Gasteiger partial charge in [-0.2, -0.15) is 0 Å². The lowest BCUT2D eigenvalue weighted by Gasteiger charge is -2.30. The molecule has 7 nitrogen and oxygen atoms in total. The molecule has 2 aliphatic rings. The van der Waals surface area contributed by atoms with E-state index in [2.05, 4.69) is 17.1 Å². The molecule has 2 fully saturated rings. The van der Waals surface area contributed by atoms with Gasteiger partial charge in [0.15, 0.2) is 15.0 Å². The standard InChI is InChI=1S/C15H24N4O3S2/c1-11-4-3-6-19(8-11)13(20)9-23-15-17-16-14(18(15)2)12-5-7-24(21,22)10-12/h11-12H,3-10H2,1-2H3/t11-,12-/m1/s1. The van der Waals surface area contributed by atoms with Crippen molar-refractivity contribution in [2.24, 2.45) is 13.0 Å². The van der Waals surface area contributed by atoms with Crippen LogP contribution in [-0.4, -0.2) is 64.3 Å². The fourth-order valence-electron chi connectivity index (χ4n) is 3.44. The molecular weight excluding hydrogens is 348 g/mol. The average molecular weight is 373 g/mol. The molecule has 1 aromatic heterocycles. The lowest BCUT2D eigenvalue weighted by molar-refractivity contribution is -0.130. The van der Waals surface area contributed by atoms with Gasteiger partial charge in [0.1, 0.15) is 5.82 Å². The predicted molar refractivity (Wildman–Crippen MR) is 92.7 cm³/mol. The van der Waals surface area contributed by atoms with Crippen LogP contribution >= 0.6 is 11.8 Å². The topological polar surface area (TPSA) is 85.2 Å². The summed E-state index contributed by atoms with van der Waals surface area (Å²) in [5, 5.41) is 8.99. The molecule has 0 spiro atoms. The minimum absolute atomic E-state index is 0.0829.